The van der Waals surface area contributed by atoms with Crippen molar-refractivity contribution in [2.45, 2.75) is 13.8 Å². The van der Waals surface area contributed by atoms with Gasteiger partial charge in [-0.2, -0.15) is 0 Å². The molecule has 3 nitrogen and oxygen atoms in total. The van der Waals surface area contributed by atoms with Crippen LogP contribution in [0.25, 0.3) is 0 Å². The fraction of sp³-hybridized carbons (Fsp3) is 0.357. The second-order valence-electron chi connectivity index (χ2n) is 4.66. The summed E-state index contributed by atoms with van der Waals surface area (Å²) in [7, 11) is 0. The van der Waals surface area contributed by atoms with Crippen molar-refractivity contribution >= 4 is 17.3 Å². The molecule has 0 saturated heterocycles. The van der Waals surface area contributed by atoms with Crippen molar-refractivity contribution in [2.24, 2.45) is 4.99 Å². The number of aryl methyl sites for hydroxylation is 2. The van der Waals surface area contributed by atoms with E-state index in [1.165, 1.54) is 22.5 Å². The largest absolute Gasteiger partial charge is 0.308 e. The smallest absolute Gasteiger partial charge is 0.206 e. The van der Waals surface area contributed by atoms with Gasteiger partial charge in [0.2, 0.25) is 5.96 Å². The van der Waals surface area contributed by atoms with Gasteiger partial charge in [-0.15, -0.1) is 6.58 Å². The first-order valence-corrected chi connectivity index (χ1v) is 6.04. The van der Waals surface area contributed by atoms with Crippen molar-refractivity contribution in [3.05, 3.63) is 35.9 Å². The summed E-state index contributed by atoms with van der Waals surface area (Å²) >= 11 is 0. The number of rotatable bonds is 2. The number of hydrogen-bond acceptors (Lipinski definition) is 3. The van der Waals surface area contributed by atoms with Crippen LogP contribution in [0, 0.1) is 13.8 Å². The molecule has 0 unspecified atom stereocenters. The zero-order valence-corrected chi connectivity index (χ0v) is 10.4. The summed E-state index contributed by atoms with van der Waals surface area (Å²) in [5.74, 6) is 1.09. The van der Waals surface area contributed by atoms with Crippen molar-refractivity contribution in [3.63, 3.8) is 0 Å². The van der Waals surface area contributed by atoms with Gasteiger partial charge in [-0.1, -0.05) is 6.08 Å². The molecule has 1 aromatic rings. The van der Waals surface area contributed by atoms with E-state index in [2.05, 4.69) is 47.4 Å². The third-order valence-electron chi connectivity index (χ3n) is 3.54. The highest BCUT2D eigenvalue weighted by Crippen LogP contribution is 2.40. The van der Waals surface area contributed by atoms with Crippen LogP contribution >= 0.6 is 0 Å². The molecule has 0 amide bonds. The Kier molecular flexibility index (Phi) is 2.21. The second kappa shape index (κ2) is 3.62. The van der Waals surface area contributed by atoms with E-state index in [4.69, 9.17) is 0 Å². The van der Waals surface area contributed by atoms with Crippen LogP contribution in [0.4, 0.5) is 11.4 Å². The molecule has 3 rings (SSSR count). The third-order valence-corrected chi connectivity index (χ3v) is 3.54. The van der Waals surface area contributed by atoms with Crippen LogP contribution in [0.2, 0.25) is 0 Å². The molecule has 88 valence electrons. The third kappa shape index (κ3) is 1.38. The minimum atomic E-state index is 0.824. The number of anilines is 2. The SMILES string of the molecule is C=CCN1C2=NCCN2c2cc(C)c(C)cc21. The Morgan fingerprint density at radius 2 is 2.00 bits per heavy atom. The maximum Gasteiger partial charge on any atom is 0.206 e. The van der Waals surface area contributed by atoms with Crippen molar-refractivity contribution in [1.82, 2.24) is 0 Å². The number of benzene rings is 1. The van der Waals surface area contributed by atoms with Crippen molar-refractivity contribution in [2.75, 3.05) is 29.4 Å². The minimum Gasteiger partial charge on any atom is -0.308 e. The summed E-state index contributed by atoms with van der Waals surface area (Å²) < 4.78 is 0. The molecule has 2 heterocycles. The molecule has 0 atom stereocenters. The van der Waals surface area contributed by atoms with Crippen LogP contribution in [0.3, 0.4) is 0 Å². The van der Waals surface area contributed by atoms with Gasteiger partial charge in [-0.3, -0.25) is 4.99 Å². The average molecular weight is 227 g/mol. The number of nitrogens with zero attached hydrogens (tertiary/aromatic N) is 3. The summed E-state index contributed by atoms with van der Waals surface area (Å²) in [4.78, 5) is 9.16. The lowest BCUT2D eigenvalue weighted by Gasteiger charge is -2.17. The van der Waals surface area contributed by atoms with Crippen LogP contribution < -0.4 is 9.80 Å². The molecule has 0 spiro atoms. The average Bonchev–Trinajstić information content (AvgIpc) is 2.85. The fourth-order valence-electron chi connectivity index (χ4n) is 2.53. The zero-order chi connectivity index (χ0) is 12.0. The van der Waals surface area contributed by atoms with Gasteiger partial charge in [0.05, 0.1) is 17.9 Å². The lowest BCUT2D eigenvalue weighted by atomic mass is 10.1. The molecule has 3 heteroatoms. The van der Waals surface area contributed by atoms with Gasteiger partial charge in [-0.25, -0.2) is 0 Å². The van der Waals surface area contributed by atoms with Crippen molar-refractivity contribution < 1.29 is 0 Å². The maximum absolute atomic E-state index is 4.59. The van der Waals surface area contributed by atoms with Crippen LogP contribution in [-0.2, 0) is 0 Å². The molecule has 0 aliphatic carbocycles. The maximum atomic E-state index is 4.59. The molecule has 0 fully saturated rings. The summed E-state index contributed by atoms with van der Waals surface area (Å²) in [6, 6.07) is 4.53. The normalized spacial score (nSPS) is 16.9. The van der Waals surface area contributed by atoms with Crippen LogP contribution in [0.5, 0.6) is 0 Å². The minimum absolute atomic E-state index is 0.824. The molecule has 0 saturated carbocycles. The second-order valence-corrected chi connectivity index (χ2v) is 4.66. The lowest BCUT2D eigenvalue weighted by Crippen LogP contribution is -2.35. The van der Waals surface area contributed by atoms with Crippen LogP contribution in [0.1, 0.15) is 11.1 Å². The van der Waals surface area contributed by atoms with Gasteiger partial charge in [0.25, 0.3) is 0 Å². The quantitative estimate of drug-likeness (QED) is 0.723. The molecular weight excluding hydrogens is 210 g/mol. The van der Waals surface area contributed by atoms with Gasteiger partial charge < -0.3 is 9.80 Å². The number of fused-ring (bicyclic) bond motifs is 3. The van der Waals surface area contributed by atoms with E-state index in [1.807, 2.05) is 6.08 Å². The Balaban J connectivity index is 2.16. The Hall–Kier alpha value is -1.77. The van der Waals surface area contributed by atoms with Crippen LogP contribution in [-0.4, -0.2) is 25.6 Å². The van der Waals surface area contributed by atoms with E-state index in [0.717, 1.165) is 25.6 Å². The Labute approximate surface area is 102 Å². The standard InChI is InChI=1S/C14H17N3/c1-4-6-16-12-8-10(2)11(3)9-13(12)17-7-5-15-14(16)17/h4,8-9H,1,5-7H2,2-3H3. The monoisotopic (exact) mass is 227 g/mol. The molecule has 0 radical (unpaired) electrons. The van der Waals surface area contributed by atoms with Gasteiger partial charge in [-0.05, 0) is 37.1 Å². The van der Waals surface area contributed by atoms with E-state index in [-0.39, 0.29) is 0 Å². The highest BCUT2D eigenvalue weighted by atomic mass is 15.5. The van der Waals surface area contributed by atoms with Gasteiger partial charge >= 0.3 is 0 Å². The molecule has 0 bridgehead atoms. The van der Waals surface area contributed by atoms with E-state index >= 15 is 0 Å². The first-order chi connectivity index (χ1) is 8.22. The summed E-state index contributed by atoms with van der Waals surface area (Å²) in [5.41, 5.74) is 5.24. The Morgan fingerprint density at radius 1 is 1.29 bits per heavy atom. The van der Waals surface area contributed by atoms with Gasteiger partial charge in [0.1, 0.15) is 0 Å². The molecule has 2 aliphatic rings. The Morgan fingerprint density at radius 3 is 2.71 bits per heavy atom. The van der Waals surface area contributed by atoms with E-state index < -0.39 is 0 Å². The van der Waals surface area contributed by atoms with Gasteiger partial charge in [0, 0.05) is 13.1 Å². The first kappa shape index (κ1) is 10.4. The summed E-state index contributed by atoms with van der Waals surface area (Å²) in [6.07, 6.45) is 1.93. The highest BCUT2D eigenvalue weighted by molar-refractivity contribution is 6.17. The predicted octanol–water partition coefficient (Wildman–Crippen LogP) is 2.49. The zero-order valence-electron chi connectivity index (χ0n) is 10.4. The molecule has 0 aromatic heterocycles. The fourth-order valence-corrected chi connectivity index (χ4v) is 2.53. The number of hydrogen-bond donors (Lipinski definition) is 0. The predicted molar refractivity (Wildman–Crippen MR) is 73.1 cm³/mol. The summed E-state index contributed by atoms with van der Waals surface area (Å²) in [5, 5.41) is 0. The molecule has 1 aromatic carbocycles. The van der Waals surface area contributed by atoms with Crippen molar-refractivity contribution in [3.8, 4) is 0 Å². The van der Waals surface area contributed by atoms with E-state index in [0.29, 0.717) is 0 Å². The van der Waals surface area contributed by atoms with Gasteiger partial charge in [0.15, 0.2) is 0 Å². The molecular formula is C14H17N3. The highest BCUT2D eigenvalue weighted by Gasteiger charge is 2.34. The topological polar surface area (TPSA) is 18.8 Å². The van der Waals surface area contributed by atoms with Crippen LogP contribution in [0.15, 0.2) is 29.8 Å². The molecule has 0 N–H and O–H groups in total. The lowest BCUT2D eigenvalue weighted by molar-refractivity contribution is 1.02. The molecule has 2 aliphatic heterocycles. The van der Waals surface area contributed by atoms with E-state index in [1.54, 1.807) is 0 Å². The van der Waals surface area contributed by atoms with E-state index in [9.17, 15) is 0 Å². The number of guanidine groups is 1. The summed E-state index contributed by atoms with van der Waals surface area (Å²) in [6.45, 7) is 10.9. The number of aliphatic imine (C=N–C) groups is 1. The molecule has 17 heavy (non-hydrogen) atoms. The first-order valence-electron chi connectivity index (χ1n) is 6.04. The Bertz CT molecular complexity index is 516. The van der Waals surface area contributed by atoms with Crippen molar-refractivity contribution in [1.29, 1.82) is 0 Å².